The Hall–Kier alpha value is -4.11. The summed E-state index contributed by atoms with van der Waals surface area (Å²) in [5.41, 5.74) is 0.984. The molecule has 1 aromatic heterocycles. The molecule has 0 saturated carbocycles. The smallest absolute Gasteiger partial charge is 0.306 e. The van der Waals surface area contributed by atoms with Crippen LogP contribution < -0.4 is 10.6 Å². The van der Waals surface area contributed by atoms with Crippen LogP contribution in [0, 0.1) is 5.41 Å². The van der Waals surface area contributed by atoms with E-state index in [0.717, 1.165) is 10.9 Å². The first-order chi connectivity index (χ1) is 17.6. The van der Waals surface area contributed by atoms with Gasteiger partial charge in [-0.05, 0) is 42.9 Å². The van der Waals surface area contributed by atoms with Crippen molar-refractivity contribution in [3.63, 3.8) is 0 Å². The lowest BCUT2D eigenvalue weighted by Crippen LogP contribution is -2.56. The third kappa shape index (κ3) is 7.20. The normalized spacial score (nSPS) is 12.1. The summed E-state index contributed by atoms with van der Waals surface area (Å²) in [5.74, 6) is -1.39. The first-order valence-electron chi connectivity index (χ1n) is 11.7. The minimum Gasteiger partial charge on any atom is -0.469 e. The highest BCUT2D eigenvalue weighted by atomic mass is 32.1. The maximum absolute atomic E-state index is 13.7. The Balaban J connectivity index is 1.87. The van der Waals surface area contributed by atoms with Crippen molar-refractivity contribution in [3.05, 3.63) is 78.5 Å². The molecule has 37 heavy (non-hydrogen) atoms. The number of fused-ring (bicyclic) bond motifs is 1. The first kappa shape index (κ1) is 27.5. The van der Waals surface area contributed by atoms with Gasteiger partial charge >= 0.3 is 5.97 Å². The Kier molecular flexibility index (Phi) is 9.08. The molecule has 9 heteroatoms. The predicted molar refractivity (Wildman–Crippen MR) is 148 cm³/mol. The van der Waals surface area contributed by atoms with E-state index in [1.54, 1.807) is 39.1 Å². The minimum absolute atomic E-state index is 0.0564. The number of hydrogen-bond donors (Lipinski definition) is 2. The molecule has 3 rings (SSSR count). The molecule has 1 unspecified atom stereocenters. The quantitative estimate of drug-likeness (QED) is 0.196. The molecule has 0 aliphatic carbocycles. The largest absolute Gasteiger partial charge is 0.469 e. The average molecular weight is 519 g/mol. The second-order valence-corrected chi connectivity index (χ2v) is 9.44. The molecular formula is C28H30N4O4S. The van der Waals surface area contributed by atoms with Crippen molar-refractivity contribution in [1.29, 1.82) is 0 Å². The van der Waals surface area contributed by atoms with Crippen molar-refractivity contribution in [2.75, 3.05) is 12.4 Å². The van der Waals surface area contributed by atoms with Crippen LogP contribution in [0.4, 0.5) is 5.69 Å². The van der Waals surface area contributed by atoms with Gasteiger partial charge in [-0.15, -0.1) is 0 Å². The lowest BCUT2D eigenvalue weighted by atomic mass is 9.87. The number of carbonyl (C=O) groups is 3. The third-order valence-corrected chi connectivity index (χ3v) is 5.97. The van der Waals surface area contributed by atoms with Crippen molar-refractivity contribution in [3.8, 4) is 0 Å². The van der Waals surface area contributed by atoms with Crippen LogP contribution in [0.5, 0.6) is 0 Å². The second kappa shape index (κ2) is 12.2. The SMILES string of the molecule is COC(=O)CC(C)(C)C(=O)N(C(=S)Nc1cccc2cccnc12)C(C)NC(=O)/C=C/c1ccccc1. The van der Waals surface area contributed by atoms with Crippen molar-refractivity contribution < 1.29 is 19.1 Å². The number of pyridine rings is 1. The molecule has 2 aromatic carbocycles. The number of hydrogen-bond acceptors (Lipinski definition) is 6. The van der Waals surface area contributed by atoms with Gasteiger partial charge in [0, 0.05) is 17.7 Å². The highest BCUT2D eigenvalue weighted by molar-refractivity contribution is 7.80. The van der Waals surface area contributed by atoms with Crippen LogP contribution in [0.3, 0.4) is 0 Å². The number of carbonyl (C=O) groups excluding carboxylic acids is 3. The summed E-state index contributed by atoms with van der Waals surface area (Å²) in [7, 11) is 1.27. The molecule has 0 radical (unpaired) electrons. The minimum atomic E-state index is -1.16. The molecule has 0 fully saturated rings. The van der Waals surface area contributed by atoms with Crippen LogP contribution in [0.2, 0.25) is 0 Å². The first-order valence-corrected chi connectivity index (χ1v) is 12.1. The van der Waals surface area contributed by atoms with Crippen LogP contribution in [-0.4, -0.2) is 46.1 Å². The van der Waals surface area contributed by atoms with Gasteiger partial charge in [-0.1, -0.05) is 62.4 Å². The van der Waals surface area contributed by atoms with Gasteiger partial charge in [0.05, 0.1) is 30.1 Å². The number of nitrogens with one attached hydrogen (secondary N) is 2. The molecule has 2 amide bonds. The van der Waals surface area contributed by atoms with E-state index in [-0.39, 0.29) is 11.5 Å². The van der Waals surface area contributed by atoms with Crippen LogP contribution in [-0.2, 0) is 19.1 Å². The summed E-state index contributed by atoms with van der Waals surface area (Å²) < 4.78 is 4.77. The number of benzene rings is 2. The molecule has 0 saturated heterocycles. The monoisotopic (exact) mass is 518 g/mol. The summed E-state index contributed by atoms with van der Waals surface area (Å²) in [6.45, 7) is 4.91. The van der Waals surface area contributed by atoms with Gasteiger partial charge in [-0.25, -0.2) is 0 Å². The number of rotatable bonds is 8. The Morgan fingerprint density at radius 2 is 1.78 bits per heavy atom. The fourth-order valence-corrected chi connectivity index (χ4v) is 4.06. The van der Waals surface area contributed by atoms with E-state index in [1.165, 1.54) is 18.1 Å². The van der Waals surface area contributed by atoms with Gasteiger partial charge < -0.3 is 15.4 Å². The zero-order valence-corrected chi connectivity index (χ0v) is 22.0. The third-order valence-electron chi connectivity index (χ3n) is 5.67. The molecule has 192 valence electrons. The zero-order valence-electron chi connectivity index (χ0n) is 21.2. The Labute approximate surface area is 221 Å². The number of para-hydroxylation sites is 1. The molecule has 1 heterocycles. The fourth-order valence-electron chi connectivity index (χ4n) is 3.71. The Morgan fingerprint density at radius 3 is 2.49 bits per heavy atom. The van der Waals surface area contributed by atoms with E-state index in [0.29, 0.717) is 11.2 Å². The van der Waals surface area contributed by atoms with E-state index in [1.807, 2.05) is 54.6 Å². The lowest BCUT2D eigenvalue weighted by Gasteiger charge is -2.35. The molecule has 0 aliphatic rings. The average Bonchev–Trinajstić information content (AvgIpc) is 2.88. The summed E-state index contributed by atoms with van der Waals surface area (Å²) in [6.07, 6.45) is 3.74. The van der Waals surface area contributed by atoms with Crippen molar-refractivity contribution in [2.24, 2.45) is 5.41 Å². The van der Waals surface area contributed by atoms with E-state index < -0.39 is 29.4 Å². The zero-order chi connectivity index (χ0) is 27.0. The summed E-state index contributed by atoms with van der Waals surface area (Å²) in [6, 6.07) is 18.7. The lowest BCUT2D eigenvalue weighted by molar-refractivity contribution is -0.150. The number of thiocarbonyl (C=S) groups is 1. The van der Waals surface area contributed by atoms with Gasteiger partial charge in [0.25, 0.3) is 0 Å². The van der Waals surface area contributed by atoms with Gasteiger partial charge in [-0.2, -0.15) is 0 Å². The maximum atomic E-state index is 13.7. The molecule has 2 N–H and O–H groups in total. The predicted octanol–water partition coefficient (Wildman–Crippen LogP) is 4.53. The number of anilines is 1. The molecule has 0 spiro atoms. The van der Waals surface area contributed by atoms with Crippen LogP contribution in [0.25, 0.3) is 17.0 Å². The fraction of sp³-hybridized carbons (Fsp3) is 0.250. The number of methoxy groups -OCH3 is 1. The van der Waals surface area contributed by atoms with E-state index in [4.69, 9.17) is 17.0 Å². The highest BCUT2D eigenvalue weighted by Gasteiger charge is 2.38. The van der Waals surface area contributed by atoms with Gasteiger partial charge in [0.2, 0.25) is 11.8 Å². The van der Waals surface area contributed by atoms with Crippen LogP contribution >= 0.6 is 12.2 Å². The number of esters is 1. The number of ether oxygens (including phenoxy) is 1. The van der Waals surface area contributed by atoms with Crippen molar-refractivity contribution in [2.45, 2.75) is 33.4 Å². The Bertz CT molecular complexity index is 1320. The standard InChI is InChI=1S/C28H30N4O4S/c1-19(30-23(33)16-15-20-10-6-5-7-11-20)32(26(35)28(2,3)18-24(34)36-4)27(37)31-22-14-8-12-21-13-9-17-29-25(21)22/h5-17,19H,18H2,1-4H3,(H,30,33)(H,31,37)/b16-15+. The molecular weight excluding hydrogens is 488 g/mol. The van der Waals surface area contributed by atoms with Gasteiger partial charge in [0.15, 0.2) is 5.11 Å². The van der Waals surface area contributed by atoms with Gasteiger partial charge in [-0.3, -0.25) is 24.3 Å². The highest BCUT2D eigenvalue weighted by Crippen LogP contribution is 2.27. The van der Waals surface area contributed by atoms with E-state index in [2.05, 4.69) is 15.6 Å². The van der Waals surface area contributed by atoms with Crippen LogP contribution in [0.1, 0.15) is 32.8 Å². The number of nitrogens with zero attached hydrogens (tertiary/aromatic N) is 2. The van der Waals surface area contributed by atoms with Crippen LogP contribution in [0.15, 0.2) is 72.9 Å². The number of aromatic nitrogens is 1. The molecule has 3 aromatic rings. The van der Waals surface area contributed by atoms with Crippen molar-refractivity contribution >= 4 is 57.8 Å². The molecule has 1 atom stereocenters. The topological polar surface area (TPSA) is 101 Å². The Morgan fingerprint density at radius 1 is 1.08 bits per heavy atom. The molecule has 0 aliphatic heterocycles. The van der Waals surface area contributed by atoms with E-state index >= 15 is 0 Å². The summed E-state index contributed by atoms with van der Waals surface area (Å²) >= 11 is 5.66. The maximum Gasteiger partial charge on any atom is 0.306 e. The number of amides is 2. The van der Waals surface area contributed by atoms with Crippen molar-refractivity contribution in [1.82, 2.24) is 15.2 Å². The molecule has 8 nitrogen and oxygen atoms in total. The van der Waals surface area contributed by atoms with Gasteiger partial charge in [0.1, 0.15) is 6.17 Å². The second-order valence-electron chi connectivity index (χ2n) is 9.05. The molecule has 0 bridgehead atoms. The van der Waals surface area contributed by atoms with E-state index in [9.17, 15) is 14.4 Å². The summed E-state index contributed by atoms with van der Waals surface area (Å²) in [4.78, 5) is 44.1. The summed E-state index contributed by atoms with van der Waals surface area (Å²) in [5, 5.41) is 6.85.